The van der Waals surface area contributed by atoms with Gasteiger partial charge in [-0.3, -0.25) is 29.3 Å². The van der Waals surface area contributed by atoms with E-state index in [2.05, 4.69) is 30.7 Å². The quantitative estimate of drug-likeness (QED) is 0.149. The third kappa shape index (κ3) is 8.89. The van der Waals surface area contributed by atoms with E-state index in [0.717, 1.165) is 75.6 Å². The third-order valence-corrected chi connectivity index (χ3v) is 14.1. The zero-order chi connectivity index (χ0) is 46.4. The van der Waals surface area contributed by atoms with E-state index in [1.807, 2.05) is 32.0 Å². The van der Waals surface area contributed by atoms with Crippen LogP contribution in [0.4, 0.5) is 21.8 Å². The number of nitrogens with one attached hydrogen (secondary N) is 3. The molecule has 3 N–H and O–H groups in total. The molecule has 66 heavy (non-hydrogen) atoms. The molecule has 350 valence electrons. The van der Waals surface area contributed by atoms with Gasteiger partial charge in [0.15, 0.2) is 18.2 Å². The predicted molar refractivity (Wildman–Crippen MR) is 244 cm³/mol. The molecule has 5 aliphatic rings. The highest BCUT2D eigenvalue weighted by molar-refractivity contribution is 6.33. The molecule has 1 unspecified atom stereocenters. The molecule has 1 atom stereocenters. The smallest absolute Gasteiger partial charge is 0.293 e. The second-order valence-electron chi connectivity index (χ2n) is 18.1. The minimum Gasteiger partial charge on any atom is -0.496 e. The summed E-state index contributed by atoms with van der Waals surface area (Å²) < 4.78 is 35.9. The van der Waals surface area contributed by atoms with Gasteiger partial charge in [0.25, 0.3) is 17.4 Å². The molecule has 1 saturated carbocycles. The van der Waals surface area contributed by atoms with E-state index in [4.69, 9.17) is 30.8 Å². The van der Waals surface area contributed by atoms with Crippen molar-refractivity contribution in [3.05, 3.63) is 74.4 Å². The highest BCUT2D eigenvalue weighted by Crippen LogP contribution is 2.43. The van der Waals surface area contributed by atoms with Crippen molar-refractivity contribution < 1.29 is 37.8 Å². The second kappa shape index (κ2) is 18.8. The Labute approximate surface area is 386 Å². The van der Waals surface area contributed by atoms with Crippen LogP contribution in [0.1, 0.15) is 98.7 Å². The lowest BCUT2D eigenvalue weighted by Crippen LogP contribution is -2.52. The van der Waals surface area contributed by atoms with E-state index in [9.17, 15) is 24.0 Å². The molecule has 0 radical (unpaired) electrons. The van der Waals surface area contributed by atoms with Crippen molar-refractivity contribution in [1.29, 1.82) is 0 Å². The molecule has 2 aromatic heterocycles. The van der Waals surface area contributed by atoms with Gasteiger partial charge in [0.2, 0.25) is 17.8 Å². The third-order valence-electron chi connectivity index (χ3n) is 13.8. The van der Waals surface area contributed by atoms with Crippen LogP contribution in [0.5, 0.6) is 11.5 Å². The number of likely N-dealkylation sites (N-methyl/N-ethyl adjacent to an activating group) is 1. The highest BCUT2D eigenvalue weighted by atomic mass is 35.5. The van der Waals surface area contributed by atoms with E-state index >= 15 is 4.39 Å². The Morgan fingerprint density at radius 3 is 2.44 bits per heavy atom. The van der Waals surface area contributed by atoms with Gasteiger partial charge >= 0.3 is 0 Å². The number of imide groups is 1. The first-order chi connectivity index (χ1) is 31.8. The number of amides is 4. The normalized spacial score (nSPS) is 21.8. The topological polar surface area (TPSA) is 190 Å². The zero-order valence-electron chi connectivity index (χ0n) is 37.5. The van der Waals surface area contributed by atoms with Crippen molar-refractivity contribution in [3.8, 4) is 11.5 Å². The van der Waals surface area contributed by atoms with Gasteiger partial charge in [-0.1, -0.05) is 11.6 Å². The molecule has 19 heteroatoms. The fourth-order valence-corrected chi connectivity index (χ4v) is 10.3. The monoisotopic (exact) mass is 927 g/mol. The Morgan fingerprint density at radius 2 is 1.74 bits per heavy atom. The first-order valence-corrected chi connectivity index (χ1v) is 23.2. The second-order valence-corrected chi connectivity index (χ2v) is 18.5. The Hall–Kier alpha value is -5.85. The molecule has 17 nitrogen and oxygen atoms in total. The SMILES string of the molecule is CNC(=O)COc1cc2cc(Nc3nc(N4CCC(OC5CC(N6CCC(c7c(OC)cc8c(c7F)CN(C7CCC(=O)NC7=O)C8=O)CC6)C5)CC4)ncc3Cl)ccc2n(C(C)C)c1=O. The maximum Gasteiger partial charge on any atom is 0.293 e. The summed E-state index contributed by atoms with van der Waals surface area (Å²) in [6, 6.07) is 8.31. The van der Waals surface area contributed by atoms with Crippen molar-refractivity contribution in [2.75, 3.05) is 57.2 Å². The van der Waals surface area contributed by atoms with E-state index in [0.29, 0.717) is 39.8 Å². The molecule has 4 aliphatic heterocycles. The Kier molecular flexibility index (Phi) is 12.9. The first-order valence-electron chi connectivity index (χ1n) is 22.8. The molecule has 2 aromatic carbocycles. The lowest BCUT2D eigenvalue weighted by molar-refractivity contribution is -0.137. The fraction of sp³-hybridized carbons (Fsp3) is 0.511. The van der Waals surface area contributed by atoms with Crippen LogP contribution in [-0.2, 0) is 25.7 Å². The van der Waals surface area contributed by atoms with Crippen LogP contribution in [0.15, 0.2) is 41.3 Å². The summed E-state index contributed by atoms with van der Waals surface area (Å²) >= 11 is 6.60. The first kappa shape index (κ1) is 45.3. The standard InChI is InChI=1S/C47H55ClFN9O8/c1-25(2)58-35-6-5-28(17-27(35)18-38(46(58)63)65-24-40(60)50-3)52-43-34(48)22-51-47(54-43)56-15-11-30(12-16-56)66-31-19-29(20-31)55-13-9-26(10-14-55)41-37(64-4)21-32-33(42(41)49)23-57(45(32)62)36-7-8-39(59)53-44(36)61/h5-6,17-18,21-22,25-26,29-31,36H,7-16,19-20,23-24H2,1-4H3,(H,50,60)(H,51,52,54)(H,53,59,61). The summed E-state index contributed by atoms with van der Waals surface area (Å²) in [6.07, 6.45) is 7.31. The van der Waals surface area contributed by atoms with Crippen molar-refractivity contribution in [2.45, 2.75) is 108 Å². The average molecular weight is 928 g/mol. The summed E-state index contributed by atoms with van der Waals surface area (Å²) in [5.41, 5.74) is 2.11. The number of benzene rings is 2. The number of aromatic nitrogens is 3. The number of ether oxygens (including phenoxy) is 3. The molecule has 6 heterocycles. The lowest BCUT2D eigenvalue weighted by Gasteiger charge is -2.47. The number of anilines is 3. The van der Waals surface area contributed by atoms with Gasteiger partial charge in [-0.25, -0.2) is 9.37 Å². The van der Waals surface area contributed by atoms with Crippen molar-refractivity contribution in [1.82, 2.24) is 35.0 Å². The van der Waals surface area contributed by atoms with Crippen LogP contribution >= 0.6 is 11.6 Å². The molecule has 3 saturated heterocycles. The minimum absolute atomic E-state index is 0.0145. The molecule has 9 rings (SSSR count). The van der Waals surface area contributed by atoms with Crippen LogP contribution in [0.25, 0.3) is 10.9 Å². The maximum atomic E-state index is 16.4. The summed E-state index contributed by atoms with van der Waals surface area (Å²) in [7, 11) is 3.00. The summed E-state index contributed by atoms with van der Waals surface area (Å²) in [5.74, 6) is -0.713. The lowest BCUT2D eigenvalue weighted by atomic mass is 9.82. The van der Waals surface area contributed by atoms with E-state index < -0.39 is 23.7 Å². The van der Waals surface area contributed by atoms with Gasteiger partial charge in [0.1, 0.15) is 22.6 Å². The molecule has 0 bridgehead atoms. The fourth-order valence-electron chi connectivity index (χ4n) is 10.1. The molecule has 1 aliphatic carbocycles. The number of carbonyl (C=O) groups excluding carboxylic acids is 4. The van der Waals surface area contributed by atoms with Crippen LogP contribution in [0.3, 0.4) is 0 Å². The largest absolute Gasteiger partial charge is 0.496 e. The molecule has 4 amide bonds. The molecular weight excluding hydrogens is 873 g/mol. The van der Waals surface area contributed by atoms with Crippen molar-refractivity contribution >= 4 is 63.6 Å². The number of carbonyl (C=O) groups is 4. The number of likely N-dealkylation sites (tertiary alicyclic amines) is 1. The van der Waals surface area contributed by atoms with Gasteiger partial charge in [-0.05, 0) is 108 Å². The van der Waals surface area contributed by atoms with E-state index in [1.54, 1.807) is 22.9 Å². The Bertz CT molecular complexity index is 2620. The Morgan fingerprint density at radius 1 is 0.985 bits per heavy atom. The van der Waals surface area contributed by atoms with Crippen LogP contribution < -0.4 is 35.9 Å². The molecule has 0 spiro atoms. The van der Waals surface area contributed by atoms with E-state index in [-0.39, 0.29) is 84.4 Å². The number of nitrogens with zero attached hydrogens (tertiary/aromatic N) is 6. The molecular formula is C47H55ClFN9O8. The van der Waals surface area contributed by atoms with Gasteiger partial charge in [-0.15, -0.1) is 0 Å². The van der Waals surface area contributed by atoms with Crippen LogP contribution in [-0.4, -0.2) is 119 Å². The van der Waals surface area contributed by atoms with Crippen molar-refractivity contribution in [2.24, 2.45) is 0 Å². The van der Waals surface area contributed by atoms with E-state index in [1.165, 1.54) is 19.1 Å². The maximum absolute atomic E-state index is 16.4. The van der Waals surface area contributed by atoms with Crippen molar-refractivity contribution in [3.63, 3.8) is 0 Å². The molecule has 4 fully saturated rings. The predicted octanol–water partition coefficient (Wildman–Crippen LogP) is 5.20. The molecule has 4 aromatic rings. The van der Waals surface area contributed by atoms with Gasteiger partial charge in [0.05, 0.1) is 43.1 Å². The summed E-state index contributed by atoms with van der Waals surface area (Å²) in [4.78, 5) is 78.1. The number of piperidine rings is 3. The van der Waals surface area contributed by atoms with Gasteiger partial charge in [0, 0.05) is 60.8 Å². The average Bonchev–Trinajstić information content (AvgIpc) is 3.62. The Balaban J connectivity index is 0.759. The minimum atomic E-state index is -0.814. The van der Waals surface area contributed by atoms with Crippen LogP contribution in [0, 0.1) is 5.82 Å². The summed E-state index contributed by atoms with van der Waals surface area (Å²) in [6.45, 7) is 6.62. The van der Waals surface area contributed by atoms with Crippen LogP contribution in [0.2, 0.25) is 5.02 Å². The number of rotatable bonds is 13. The number of hydrogen-bond acceptors (Lipinski definition) is 13. The highest BCUT2D eigenvalue weighted by Gasteiger charge is 2.43. The van der Waals surface area contributed by atoms with Gasteiger partial charge < -0.3 is 44.1 Å². The number of methoxy groups -OCH3 is 1. The van der Waals surface area contributed by atoms with Gasteiger partial charge in [-0.2, -0.15) is 4.98 Å². The zero-order valence-corrected chi connectivity index (χ0v) is 38.3. The number of fused-ring (bicyclic) bond motifs is 2. The number of pyridine rings is 1. The number of halogens is 2. The number of hydrogen-bond donors (Lipinski definition) is 3. The summed E-state index contributed by atoms with van der Waals surface area (Å²) in [5, 5.41) is 9.22.